The highest BCUT2D eigenvalue weighted by atomic mass is 32.2. The van der Waals surface area contributed by atoms with Crippen molar-refractivity contribution in [1.29, 1.82) is 0 Å². The van der Waals surface area contributed by atoms with E-state index >= 15 is 0 Å². The van der Waals surface area contributed by atoms with Gasteiger partial charge in [-0.05, 0) is 24.6 Å². The van der Waals surface area contributed by atoms with Gasteiger partial charge in [-0.3, -0.25) is 4.72 Å². The fourth-order valence-corrected chi connectivity index (χ4v) is 3.65. The van der Waals surface area contributed by atoms with Crippen LogP contribution in [0.15, 0.2) is 30.3 Å². The molecule has 148 valence electrons. The third-order valence-electron chi connectivity index (χ3n) is 3.94. The van der Waals surface area contributed by atoms with E-state index < -0.39 is 10.0 Å². The summed E-state index contributed by atoms with van der Waals surface area (Å²) < 4.78 is 48.4. The summed E-state index contributed by atoms with van der Waals surface area (Å²) in [5.41, 5.74) is 7.16. The number of benzene rings is 2. The van der Waals surface area contributed by atoms with Gasteiger partial charge in [0.25, 0.3) is 0 Å². The molecule has 0 aliphatic rings. The van der Waals surface area contributed by atoms with Crippen molar-refractivity contribution in [3.05, 3.63) is 35.9 Å². The highest BCUT2D eigenvalue weighted by Gasteiger charge is 2.18. The second-order valence-corrected chi connectivity index (χ2v) is 7.48. The summed E-state index contributed by atoms with van der Waals surface area (Å²) in [5.74, 6) is 1.86. The van der Waals surface area contributed by atoms with E-state index in [0.717, 1.165) is 0 Å². The van der Waals surface area contributed by atoms with E-state index in [9.17, 15) is 8.42 Å². The summed E-state index contributed by atoms with van der Waals surface area (Å²) in [6.07, 6.45) is 0.192. The van der Waals surface area contributed by atoms with Crippen molar-refractivity contribution in [3.8, 4) is 23.0 Å². The van der Waals surface area contributed by atoms with Gasteiger partial charge in [0.1, 0.15) is 23.0 Å². The Morgan fingerprint density at radius 2 is 1.48 bits per heavy atom. The molecule has 0 aliphatic carbocycles. The third kappa shape index (κ3) is 5.10. The quantitative estimate of drug-likeness (QED) is 0.626. The normalized spacial score (nSPS) is 11.0. The van der Waals surface area contributed by atoms with Crippen LogP contribution in [0.3, 0.4) is 0 Å². The highest BCUT2D eigenvalue weighted by molar-refractivity contribution is 7.92. The average Bonchev–Trinajstić information content (AvgIpc) is 2.65. The molecule has 3 N–H and O–H groups in total. The highest BCUT2D eigenvalue weighted by Crippen LogP contribution is 2.34. The lowest BCUT2D eigenvalue weighted by molar-refractivity contribution is 0.369. The molecule has 0 atom stereocenters. The number of hydrogen-bond donors (Lipinski definition) is 2. The van der Waals surface area contributed by atoms with Gasteiger partial charge in [-0.25, -0.2) is 8.42 Å². The number of rotatable bonds is 9. The molecule has 0 fully saturated rings. The molecule has 9 heteroatoms. The minimum Gasteiger partial charge on any atom is -0.496 e. The predicted octanol–water partition coefficient (Wildman–Crippen LogP) is 2.29. The Morgan fingerprint density at radius 3 is 1.96 bits per heavy atom. The molecular weight excluding hydrogens is 372 g/mol. The van der Waals surface area contributed by atoms with Crippen LogP contribution in [0, 0.1) is 0 Å². The zero-order valence-corrected chi connectivity index (χ0v) is 16.6. The fraction of sp³-hybridized carbons (Fsp3) is 0.333. The number of nitrogen functional groups attached to an aromatic ring is 1. The van der Waals surface area contributed by atoms with E-state index in [4.69, 9.17) is 24.7 Å². The van der Waals surface area contributed by atoms with Crippen LogP contribution in [0.25, 0.3) is 0 Å². The summed E-state index contributed by atoms with van der Waals surface area (Å²) in [6.45, 7) is 0. The Hall–Kier alpha value is -2.81. The lowest BCUT2D eigenvalue weighted by atomic mass is 10.1. The molecule has 27 heavy (non-hydrogen) atoms. The van der Waals surface area contributed by atoms with Gasteiger partial charge in [0.15, 0.2) is 0 Å². The van der Waals surface area contributed by atoms with Crippen LogP contribution in [0.2, 0.25) is 0 Å². The standard InChI is InChI=1S/C18H24N2O6S/c1-23-13-10-17(25-3)14(18(11-13)26-4)7-8-27(21,22)20-12-5-6-16(24-2)15(19)9-12/h5-6,9-11,20H,7-8,19H2,1-4H3. The topological polar surface area (TPSA) is 109 Å². The molecule has 2 aromatic rings. The van der Waals surface area contributed by atoms with Crippen LogP contribution in [-0.2, 0) is 16.4 Å². The molecule has 0 aliphatic heterocycles. The molecule has 0 spiro atoms. The summed E-state index contributed by atoms with van der Waals surface area (Å²) in [5, 5.41) is 0. The Balaban J connectivity index is 2.18. The largest absolute Gasteiger partial charge is 0.496 e. The maximum Gasteiger partial charge on any atom is 0.233 e. The van der Waals surface area contributed by atoms with Crippen LogP contribution in [0.1, 0.15) is 5.56 Å². The first-order valence-corrected chi connectivity index (χ1v) is 9.71. The molecule has 0 heterocycles. The lowest BCUT2D eigenvalue weighted by Gasteiger charge is -2.15. The minimum atomic E-state index is -3.62. The van der Waals surface area contributed by atoms with Gasteiger partial charge >= 0.3 is 0 Å². The van der Waals surface area contributed by atoms with Crippen LogP contribution < -0.4 is 29.4 Å². The van der Waals surface area contributed by atoms with Crippen molar-refractivity contribution in [2.75, 3.05) is 44.6 Å². The van der Waals surface area contributed by atoms with Gasteiger partial charge in [0.05, 0.1) is 45.6 Å². The number of sulfonamides is 1. The Morgan fingerprint density at radius 1 is 0.889 bits per heavy atom. The molecule has 0 saturated heterocycles. The molecule has 8 nitrogen and oxygen atoms in total. The number of hydrogen-bond acceptors (Lipinski definition) is 7. The van der Waals surface area contributed by atoms with E-state index in [-0.39, 0.29) is 12.2 Å². The molecule has 2 rings (SSSR count). The van der Waals surface area contributed by atoms with Crippen molar-refractivity contribution in [1.82, 2.24) is 0 Å². The van der Waals surface area contributed by atoms with Gasteiger partial charge in [-0.1, -0.05) is 0 Å². The van der Waals surface area contributed by atoms with Crippen molar-refractivity contribution in [3.63, 3.8) is 0 Å². The van der Waals surface area contributed by atoms with Gasteiger partial charge in [0.2, 0.25) is 10.0 Å². The van der Waals surface area contributed by atoms with E-state index in [2.05, 4.69) is 4.72 Å². The molecule has 0 radical (unpaired) electrons. The lowest BCUT2D eigenvalue weighted by Crippen LogP contribution is -2.19. The molecule has 0 amide bonds. The Labute approximate surface area is 159 Å². The zero-order chi connectivity index (χ0) is 20.0. The molecule has 0 aromatic heterocycles. The Bertz CT molecular complexity index is 874. The Kier molecular flexibility index (Phi) is 6.62. The monoisotopic (exact) mass is 396 g/mol. The van der Waals surface area contributed by atoms with Crippen LogP contribution in [-0.4, -0.2) is 42.6 Å². The number of nitrogens with two attached hydrogens (primary N) is 1. The third-order valence-corrected chi connectivity index (χ3v) is 5.23. The van der Waals surface area contributed by atoms with Crippen molar-refractivity contribution in [2.45, 2.75) is 6.42 Å². The smallest absolute Gasteiger partial charge is 0.233 e. The van der Waals surface area contributed by atoms with E-state index in [1.54, 1.807) is 24.3 Å². The zero-order valence-electron chi connectivity index (χ0n) is 15.7. The molecular formula is C18H24N2O6S. The minimum absolute atomic E-state index is 0.169. The summed E-state index contributed by atoms with van der Waals surface area (Å²) in [4.78, 5) is 0. The van der Waals surface area contributed by atoms with Crippen LogP contribution in [0.4, 0.5) is 11.4 Å². The second-order valence-electron chi connectivity index (χ2n) is 5.64. The SMILES string of the molecule is COc1cc(OC)c(CCS(=O)(=O)Nc2ccc(OC)c(N)c2)c(OC)c1. The van der Waals surface area contributed by atoms with E-state index in [0.29, 0.717) is 39.9 Å². The maximum atomic E-state index is 12.5. The van der Waals surface area contributed by atoms with Gasteiger partial charge in [0, 0.05) is 17.7 Å². The van der Waals surface area contributed by atoms with Crippen LogP contribution >= 0.6 is 0 Å². The van der Waals surface area contributed by atoms with Gasteiger partial charge in [-0.2, -0.15) is 0 Å². The summed E-state index contributed by atoms with van der Waals surface area (Å²) in [6, 6.07) is 8.05. The summed E-state index contributed by atoms with van der Waals surface area (Å²) >= 11 is 0. The fourth-order valence-electron chi connectivity index (χ4n) is 2.59. The number of anilines is 2. The first-order chi connectivity index (χ1) is 12.8. The number of ether oxygens (including phenoxy) is 4. The predicted molar refractivity (Wildman–Crippen MR) is 105 cm³/mol. The van der Waals surface area contributed by atoms with Gasteiger partial charge < -0.3 is 24.7 Å². The van der Waals surface area contributed by atoms with E-state index in [1.807, 2.05) is 0 Å². The number of nitrogens with one attached hydrogen (secondary N) is 1. The average molecular weight is 396 g/mol. The van der Waals surface area contributed by atoms with Crippen molar-refractivity contribution >= 4 is 21.4 Å². The maximum absolute atomic E-state index is 12.5. The van der Waals surface area contributed by atoms with Crippen molar-refractivity contribution < 1.29 is 27.4 Å². The number of methoxy groups -OCH3 is 4. The van der Waals surface area contributed by atoms with Crippen molar-refractivity contribution in [2.24, 2.45) is 0 Å². The molecule has 0 saturated carbocycles. The molecule has 2 aromatic carbocycles. The van der Waals surface area contributed by atoms with Crippen LogP contribution in [0.5, 0.6) is 23.0 Å². The molecule has 0 unspecified atom stereocenters. The van der Waals surface area contributed by atoms with Gasteiger partial charge in [-0.15, -0.1) is 0 Å². The van der Waals surface area contributed by atoms with E-state index in [1.165, 1.54) is 34.5 Å². The first-order valence-electron chi connectivity index (χ1n) is 8.06. The summed E-state index contributed by atoms with van der Waals surface area (Å²) in [7, 11) is 2.41. The second kappa shape index (κ2) is 8.72. The first kappa shape index (κ1) is 20.5. The molecule has 0 bridgehead atoms.